The zero-order chi connectivity index (χ0) is 13.9. The molecule has 108 valence electrons. The predicted octanol–water partition coefficient (Wildman–Crippen LogP) is 2.84. The van der Waals surface area contributed by atoms with Gasteiger partial charge in [0.1, 0.15) is 0 Å². The second kappa shape index (κ2) is 9.96. The third-order valence-corrected chi connectivity index (χ3v) is 3.36. The molecule has 1 aromatic rings. The second-order valence-electron chi connectivity index (χ2n) is 4.85. The molecule has 0 heterocycles. The minimum Gasteiger partial charge on any atom is -0.382 e. The number of benzene rings is 1. The van der Waals surface area contributed by atoms with Crippen LogP contribution < -0.4 is 5.32 Å². The van der Waals surface area contributed by atoms with Crippen LogP contribution in [0.2, 0.25) is 0 Å². The van der Waals surface area contributed by atoms with Crippen LogP contribution in [0.1, 0.15) is 29.5 Å². The molecule has 0 spiro atoms. The standard InChI is InChI=1S/C16H27NO2/c1-14-7-6-8-16(15(14)2)13-17-9-4-5-10-19-12-11-18-3/h6-8,17H,4-5,9-13H2,1-3H3. The summed E-state index contributed by atoms with van der Waals surface area (Å²) in [6, 6.07) is 6.49. The lowest BCUT2D eigenvalue weighted by Crippen LogP contribution is -2.16. The molecule has 0 aliphatic carbocycles. The van der Waals surface area contributed by atoms with Crippen molar-refractivity contribution >= 4 is 0 Å². The molecule has 0 bridgehead atoms. The van der Waals surface area contributed by atoms with E-state index in [0.717, 1.165) is 32.5 Å². The number of unbranched alkanes of at least 4 members (excludes halogenated alkanes) is 1. The molecule has 1 aromatic carbocycles. The molecular weight excluding hydrogens is 238 g/mol. The Morgan fingerprint density at radius 2 is 1.89 bits per heavy atom. The summed E-state index contributed by atoms with van der Waals surface area (Å²) in [5, 5.41) is 3.49. The summed E-state index contributed by atoms with van der Waals surface area (Å²) in [4.78, 5) is 0. The van der Waals surface area contributed by atoms with E-state index in [1.165, 1.54) is 16.7 Å². The van der Waals surface area contributed by atoms with Gasteiger partial charge >= 0.3 is 0 Å². The molecule has 0 aliphatic heterocycles. The molecule has 0 fully saturated rings. The van der Waals surface area contributed by atoms with Crippen molar-refractivity contribution in [2.45, 2.75) is 33.2 Å². The summed E-state index contributed by atoms with van der Waals surface area (Å²) in [6.45, 7) is 8.57. The van der Waals surface area contributed by atoms with Crippen molar-refractivity contribution in [3.8, 4) is 0 Å². The van der Waals surface area contributed by atoms with Gasteiger partial charge in [0.2, 0.25) is 0 Å². The first kappa shape index (κ1) is 16.2. The number of hydrogen-bond acceptors (Lipinski definition) is 3. The Kier molecular flexibility index (Phi) is 8.47. The van der Waals surface area contributed by atoms with Crippen LogP contribution in [0.4, 0.5) is 0 Å². The summed E-state index contributed by atoms with van der Waals surface area (Å²) in [5.74, 6) is 0. The molecule has 0 aromatic heterocycles. The maximum Gasteiger partial charge on any atom is 0.0700 e. The first-order chi connectivity index (χ1) is 9.25. The van der Waals surface area contributed by atoms with Gasteiger partial charge in [0.25, 0.3) is 0 Å². The van der Waals surface area contributed by atoms with E-state index in [-0.39, 0.29) is 0 Å². The molecule has 1 N–H and O–H groups in total. The van der Waals surface area contributed by atoms with Gasteiger partial charge in [-0.2, -0.15) is 0 Å². The molecule has 0 atom stereocenters. The van der Waals surface area contributed by atoms with Crippen molar-refractivity contribution in [1.82, 2.24) is 5.32 Å². The molecule has 0 aliphatic rings. The average Bonchev–Trinajstić information content (AvgIpc) is 2.41. The number of rotatable bonds is 10. The van der Waals surface area contributed by atoms with Crippen molar-refractivity contribution in [2.75, 3.05) is 33.5 Å². The van der Waals surface area contributed by atoms with Crippen LogP contribution in [0, 0.1) is 13.8 Å². The fourth-order valence-electron chi connectivity index (χ4n) is 1.92. The molecule has 3 heteroatoms. The van der Waals surface area contributed by atoms with Gasteiger partial charge in [0.15, 0.2) is 0 Å². The van der Waals surface area contributed by atoms with E-state index in [0.29, 0.717) is 13.2 Å². The van der Waals surface area contributed by atoms with Crippen LogP contribution in [0.25, 0.3) is 0 Å². The van der Waals surface area contributed by atoms with Crippen LogP contribution in [-0.4, -0.2) is 33.5 Å². The van der Waals surface area contributed by atoms with E-state index in [1.807, 2.05) is 0 Å². The Hall–Kier alpha value is -0.900. The Morgan fingerprint density at radius 3 is 2.68 bits per heavy atom. The first-order valence-corrected chi connectivity index (χ1v) is 7.08. The van der Waals surface area contributed by atoms with Gasteiger partial charge in [0, 0.05) is 20.3 Å². The predicted molar refractivity (Wildman–Crippen MR) is 79.6 cm³/mol. The van der Waals surface area contributed by atoms with Gasteiger partial charge in [0.05, 0.1) is 13.2 Å². The number of aryl methyl sites for hydroxylation is 1. The van der Waals surface area contributed by atoms with Gasteiger partial charge in [-0.1, -0.05) is 18.2 Å². The first-order valence-electron chi connectivity index (χ1n) is 7.08. The van der Waals surface area contributed by atoms with E-state index in [2.05, 4.69) is 37.4 Å². The Balaban J connectivity index is 2.03. The highest BCUT2D eigenvalue weighted by molar-refractivity contribution is 5.32. The van der Waals surface area contributed by atoms with E-state index < -0.39 is 0 Å². The van der Waals surface area contributed by atoms with Crippen LogP contribution in [0.3, 0.4) is 0 Å². The summed E-state index contributed by atoms with van der Waals surface area (Å²) in [5.41, 5.74) is 4.17. The molecule has 19 heavy (non-hydrogen) atoms. The van der Waals surface area contributed by atoms with Gasteiger partial charge in [-0.15, -0.1) is 0 Å². The van der Waals surface area contributed by atoms with Crippen LogP contribution in [0.5, 0.6) is 0 Å². The third-order valence-electron chi connectivity index (χ3n) is 3.36. The number of hydrogen-bond donors (Lipinski definition) is 1. The number of ether oxygens (including phenoxy) is 2. The van der Waals surface area contributed by atoms with Gasteiger partial charge < -0.3 is 14.8 Å². The van der Waals surface area contributed by atoms with Gasteiger partial charge in [-0.05, 0) is 49.9 Å². The Bertz CT molecular complexity index is 353. The highest BCUT2D eigenvalue weighted by atomic mass is 16.5. The normalized spacial score (nSPS) is 10.9. The van der Waals surface area contributed by atoms with Gasteiger partial charge in [-0.3, -0.25) is 0 Å². The van der Waals surface area contributed by atoms with E-state index in [1.54, 1.807) is 7.11 Å². The van der Waals surface area contributed by atoms with Crippen LogP contribution >= 0.6 is 0 Å². The van der Waals surface area contributed by atoms with E-state index >= 15 is 0 Å². The summed E-state index contributed by atoms with van der Waals surface area (Å²) < 4.78 is 10.3. The molecule has 0 saturated carbocycles. The molecule has 0 amide bonds. The summed E-state index contributed by atoms with van der Waals surface area (Å²) >= 11 is 0. The lowest BCUT2D eigenvalue weighted by molar-refractivity contribution is 0.0688. The minimum absolute atomic E-state index is 0.685. The van der Waals surface area contributed by atoms with Crippen molar-refractivity contribution in [3.63, 3.8) is 0 Å². The average molecular weight is 265 g/mol. The zero-order valence-electron chi connectivity index (χ0n) is 12.5. The topological polar surface area (TPSA) is 30.5 Å². The monoisotopic (exact) mass is 265 g/mol. The Labute approximate surface area is 117 Å². The Morgan fingerprint density at radius 1 is 1.05 bits per heavy atom. The number of nitrogens with one attached hydrogen (secondary N) is 1. The zero-order valence-corrected chi connectivity index (χ0v) is 12.5. The van der Waals surface area contributed by atoms with Crippen molar-refractivity contribution in [3.05, 3.63) is 34.9 Å². The SMILES string of the molecule is COCCOCCCCNCc1cccc(C)c1C. The lowest BCUT2D eigenvalue weighted by atomic mass is 10.0. The largest absolute Gasteiger partial charge is 0.382 e. The van der Waals surface area contributed by atoms with E-state index in [4.69, 9.17) is 9.47 Å². The third kappa shape index (κ3) is 6.71. The molecule has 0 saturated heterocycles. The summed E-state index contributed by atoms with van der Waals surface area (Å²) in [7, 11) is 1.70. The van der Waals surface area contributed by atoms with Crippen LogP contribution in [-0.2, 0) is 16.0 Å². The van der Waals surface area contributed by atoms with Crippen molar-refractivity contribution in [2.24, 2.45) is 0 Å². The summed E-state index contributed by atoms with van der Waals surface area (Å²) in [6.07, 6.45) is 2.25. The number of methoxy groups -OCH3 is 1. The fraction of sp³-hybridized carbons (Fsp3) is 0.625. The van der Waals surface area contributed by atoms with Crippen LogP contribution in [0.15, 0.2) is 18.2 Å². The van der Waals surface area contributed by atoms with Crippen molar-refractivity contribution in [1.29, 1.82) is 0 Å². The smallest absolute Gasteiger partial charge is 0.0700 e. The molecule has 0 unspecified atom stereocenters. The minimum atomic E-state index is 0.685. The highest BCUT2D eigenvalue weighted by Crippen LogP contribution is 2.12. The quantitative estimate of drug-likeness (QED) is 0.660. The molecule has 3 nitrogen and oxygen atoms in total. The molecular formula is C16H27NO2. The fourth-order valence-corrected chi connectivity index (χ4v) is 1.92. The highest BCUT2D eigenvalue weighted by Gasteiger charge is 1.99. The van der Waals surface area contributed by atoms with E-state index in [9.17, 15) is 0 Å². The maximum atomic E-state index is 5.42. The molecule has 0 radical (unpaired) electrons. The molecule has 1 rings (SSSR count). The lowest BCUT2D eigenvalue weighted by Gasteiger charge is -2.10. The van der Waals surface area contributed by atoms with Crippen molar-refractivity contribution < 1.29 is 9.47 Å². The maximum absolute atomic E-state index is 5.42. The second-order valence-corrected chi connectivity index (χ2v) is 4.85. The van der Waals surface area contributed by atoms with Gasteiger partial charge in [-0.25, -0.2) is 0 Å².